The van der Waals surface area contributed by atoms with Crippen molar-refractivity contribution < 1.29 is 4.74 Å². The van der Waals surface area contributed by atoms with E-state index in [0.717, 1.165) is 13.1 Å². The van der Waals surface area contributed by atoms with Gasteiger partial charge in [-0.25, -0.2) is 0 Å². The van der Waals surface area contributed by atoms with E-state index in [9.17, 15) is 0 Å². The minimum Gasteiger partial charge on any atom is -0.338 e. The summed E-state index contributed by atoms with van der Waals surface area (Å²) in [6, 6.07) is 13.7. The SMILES string of the molecule is CC(C)OC1N(c2c(C(C)C)cccc2C(C)C)CCN1c1c(C(C)C)cccc1C(C)C. The Hall–Kier alpha value is -2.00. The normalized spacial score (nSPS) is 15.4. The highest BCUT2D eigenvalue weighted by Gasteiger charge is 2.38. The molecule has 0 N–H and O–H groups in total. The molecular formula is C30H46N2O. The summed E-state index contributed by atoms with van der Waals surface area (Å²) in [5, 5.41) is 0. The van der Waals surface area contributed by atoms with E-state index in [1.54, 1.807) is 0 Å². The summed E-state index contributed by atoms with van der Waals surface area (Å²) >= 11 is 0. The lowest BCUT2D eigenvalue weighted by atomic mass is 9.91. The minimum absolute atomic E-state index is 0.111. The highest BCUT2D eigenvalue weighted by atomic mass is 16.5. The Kier molecular flexibility index (Phi) is 8.16. The molecule has 0 atom stereocenters. The van der Waals surface area contributed by atoms with Gasteiger partial charge in [-0.05, 0) is 59.8 Å². The highest BCUT2D eigenvalue weighted by Crippen LogP contribution is 2.43. The van der Waals surface area contributed by atoms with Gasteiger partial charge in [0.2, 0.25) is 6.35 Å². The molecule has 0 aromatic heterocycles. The van der Waals surface area contributed by atoms with Gasteiger partial charge < -0.3 is 14.5 Å². The smallest absolute Gasteiger partial charge is 0.210 e. The molecule has 0 radical (unpaired) electrons. The number of nitrogens with zero attached hydrogens (tertiary/aromatic N) is 2. The second-order valence-corrected chi connectivity index (χ2v) is 11.1. The largest absolute Gasteiger partial charge is 0.338 e. The molecular weight excluding hydrogens is 404 g/mol. The Morgan fingerprint density at radius 3 is 1.12 bits per heavy atom. The van der Waals surface area contributed by atoms with Crippen LogP contribution in [0, 0.1) is 0 Å². The molecule has 0 saturated carbocycles. The maximum absolute atomic E-state index is 6.74. The van der Waals surface area contributed by atoms with E-state index in [2.05, 4.69) is 115 Å². The van der Waals surface area contributed by atoms with Gasteiger partial charge in [0.25, 0.3) is 0 Å². The van der Waals surface area contributed by atoms with Crippen LogP contribution in [0.4, 0.5) is 11.4 Å². The zero-order valence-electron chi connectivity index (χ0n) is 22.6. The topological polar surface area (TPSA) is 15.7 Å². The Bertz CT molecular complexity index is 805. The molecule has 2 aromatic carbocycles. The van der Waals surface area contributed by atoms with E-state index in [1.165, 1.54) is 33.6 Å². The fraction of sp³-hybridized carbons (Fsp3) is 0.600. The molecule has 3 heteroatoms. The number of anilines is 2. The zero-order chi connectivity index (χ0) is 24.4. The molecule has 1 aliphatic heterocycles. The molecule has 3 nitrogen and oxygen atoms in total. The predicted molar refractivity (Wildman–Crippen MR) is 144 cm³/mol. The van der Waals surface area contributed by atoms with Crippen LogP contribution in [0.1, 0.15) is 115 Å². The summed E-state index contributed by atoms with van der Waals surface area (Å²) in [6.07, 6.45) is 0.0281. The van der Waals surface area contributed by atoms with Crippen LogP contribution >= 0.6 is 0 Å². The standard InChI is InChI=1S/C30H46N2O/c1-19(2)24-13-11-14-25(20(3)4)28(24)31-17-18-32(30(31)33-23(9)10)29-26(21(5)6)15-12-16-27(29)22(7)8/h11-16,19-23,30H,17-18H2,1-10H3. The van der Waals surface area contributed by atoms with Crippen LogP contribution in [0.15, 0.2) is 36.4 Å². The molecule has 33 heavy (non-hydrogen) atoms. The average molecular weight is 451 g/mol. The highest BCUT2D eigenvalue weighted by molar-refractivity contribution is 5.69. The molecule has 1 saturated heterocycles. The molecule has 1 aliphatic rings. The van der Waals surface area contributed by atoms with Crippen LogP contribution in [-0.4, -0.2) is 25.5 Å². The third-order valence-corrected chi connectivity index (χ3v) is 6.77. The Balaban J connectivity index is 2.20. The van der Waals surface area contributed by atoms with Crippen molar-refractivity contribution in [3.05, 3.63) is 58.7 Å². The molecule has 0 aliphatic carbocycles. The lowest BCUT2D eigenvalue weighted by Gasteiger charge is -2.38. The number of benzene rings is 2. The van der Waals surface area contributed by atoms with Crippen LogP contribution in [0.25, 0.3) is 0 Å². The number of rotatable bonds is 8. The third-order valence-electron chi connectivity index (χ3n) is 6.77. The first-order chi connectivity index (χ1) is 15.5. The van der Waals surface area contributed by atoms with Gasteiger partial charge in [0.05, 0.1) is 6.10 Å². The van der Waals surface area contributed by atoms with Gasteiger partial charge in [0, 0.05) is 24.5 Å². The summed E-state index contributed by atoms with van der Waals surface area (Å²) in [5.74, 6) is 1.84. The molecule has 0 unspecified atom stereocenters. The molecule has 0 bridgehead atoms. The monoisotopic (exact) mass is 450 g/mol. The van der Waals surface area contributed by atoms with Crippen LogP contribution in [0.2, 0.25) is 0 Å². The van der Waals surface area contributed by atoms with Crippen molar-refractivity contribution in [1.82, 2.24) is 0 Å². The fourth-order valence-corrected chi connectivity index (χ4v) is 5.13. The van der Waals surface area contributed by atoms with Crippen molar-refractivity contribution in [1.29, 1.82) is 0 Å². The van der Waals surface area contributed by atoms with Gasteiger partial charge in [-0.1, -0.05) is 91.8 Å². The quantitative estimate of drug-likeness (QED) is 0.403. The van der Waals surface area contributed by atoms with E-state index >= 15 is 0 Å². The maximum Gasteiger partial charge on any atom is 0.210 e. The summed E-state index contributed by atoms with van der Waals surface area (Å²) < 4.78 is 6.74. The molecule has 182 valence electrons. The average Bonchev–Trinajstić information content (AvgIpc) is 3.14. The number of para-hydroxylation sites is 2. The van der Waals surface area contributed by atoms with E-state index in [-0.39, 0.29) is 12.5 Å². The van der Waals surface area contributed by atoms with Crippen molar-refractivity contribution >= 4 is 11.4 Å². The number of hydrogen-bond acceptors (Lipinski definition) is 3. The summed E-state index contributed by atoms with van der Waals surface area (Å²) in [4.78, 5) is 5.10. The maximum atomic E-state index is 6.74. The van der Waals surface area contributed by atoms with Crippen molar-refractivity contribution in [3.8, 4) is 0 Å². The van der Waals surface area contributed by atoms with E-state index < -0.39 is 0 Å². The van der Waals surface area contributed by atoms with Gasteiger partial charge in [-0.15, -0.1) is 0 Å². The van der Waals surface area contributed by atoms with Gasteiger partial charge >= 0.3 is 0 Å². The van der Waals surface area contributed by atoms with E-state index in [0.29, 0.717) is 23.7 Å². The summed E-state index contributed by atoms with van der Waals surface area (Å²) in [7, 11) is 0. The summed E-state index contributed by atoms with van der Waals surface area (Å²) in [6.45, 7) is 24.7. The van der Waals surface area contributed by atoms with Crippen LogP contribution in [-0.2, 0) is 4.74 Å². The second-order valence-electron chi connectivity index (χ2n) is 11.1. The summed E-state index contributed by atoms with van der Waals surface area (Å²) in [5.41, 5.74) is 8.43. The van der Waals surface area contributed by atoms with Crippen molar-refractivity contribution in [2.75, 3.05) is 22.9 Å². The first kappa shape index (κ1) is 25.6. The van der Waals surface area contributed by atoms with Gasteiger partial charge in [-0.3, -0.25) is 0 Å². The lowest BCUT2D eigenvalue weighted by molar-refractivity contribution is 0.0162. The Morgan fingerprint density at radius 2 is 0.879 bits per heavy atom. The zero-order valence-corrected chi connectivity index (χ0v) is 22.6. The Labute approximate surface area is 203 Å². The van der Waals surface area contributed by atoms with Crippen molar-refractivity contribution in [2.24, 2.45) is 0 Å². The predicted octanol–water partition coefficient (Wildman–Crippen LogP) is 8.22. The molecule has 3 rings (SSSR count). The number of ether oxygens (including phenoxy) is 1. The van der Waals surface area contributed by atoms with Crippen LogP contribution in [0.3, 0.4) is 0 Å². The van der Waals surface area contributed by atoms with Crippen molar-refractivity contribution in [3.63, 3.8) is 0 Å². The van der Waals surface area contributed by atoms with E-state index in [4.69, 9.17) is 4.74 Å². The lowest BCUT2D eigenvalue weighted by Crippen LogP contribution is -2.44. The fourth-order valence-electron chi connectivity index (χ4n) is 5.13. The Morgan fingerprint density at radius 1 is 0.576 bits per heavy atom. The first-order valence-corrected chi connectivity index (χ1v) is 13.0. The molecule has 1 fully saturated rings. The molecule has 1 heterocycles. The molecule has 0 spiro atoms. The van der Waals surface area contributed by atoms with Crippen molar-refractivity contribution in [2.45, 2.75) is 105 Å². The van der Waals surface area contributed by atoms with E-state index in [1.807, 2.05) is 0 Å². The van der Waals surface area contributed by atoms with Crippen LogP contribution in [0.5, 0.6) is 0 Å². The molecule has 0 amide bonds. The minimum atomic E-state index is -0.111. The van der Waals surface area contributed by atoms with Crippen LogP contribution < -0.4 is 9.80 Å². The number of hydrogen-bond donors (Lipinski definition) is 0. The van der Waals surface area contributed by atoms with Gasteiger partial charge in [0.1, 0.15) is 0 Å². The van der Waals surface area contributed by atoms with Gasteiger partial charge in [-0.2, -0.15) is 0 Å². The molecule has 2 aromatic rings. The third kappa shape index (κ3) is 5.24. The van der Waals surface area contributed by atoms with Gasteiger partial charge in [0.15, 0.2) is 0 Å². The second kappa shape index (κ2) is 10.5. The first-order valence-electron chi connectivity index (χ1n) is 13.0.